The molecule has 1 fully saturated rings. The molecule has 1 amide bonds. The number of carbonyl (C=O) groups excluding carboxylic acids is 1. The fourth-order valence-electron chi connectivity index (χ4n) is 2.11. The van der Waals surface area contributed by atoms with E-state index in [1.54, 1.807) is 31.4 Å². The molecule has 1 aromatic heterocycles. The number of piperazine rings is 1. The SMILES string of the molecule is CN(C)C(=O)C1CNCCN1c1ccncc1Br. The van der Waals surface area contributed by atoms with E-state index in [-0.39, 0.29) is 11.9 Å². The van der Waals surface area contributed by atoms with E-state index in [1.807, 2.05) is 6.07 Å². The predicted molar refractivity (Wildman–Crippen MR) is 74.6 cm³/mol. The summed E-state index contributed by atoms with van der Waals surface area (Å²) >= 11 is 3.50. The van der Waals surface area contributed by atoms with Crippen LogP contribution in [0.3, 0.4) is 0 Å². The Morgan fingerprint density at radius 3 is 3.06 bits per heavy atom. The molecule has 5 nitrogen and oxygen atoms in total. The Hall–Kier alpha value is -1.14. The fourth-order valence-corrected chi connectivity index (χ4v) is 2.59. The lowest BCUT2D eigenvalue weighted by molar-refractivity contribution is -0.130. The quantitative estimate of drug-likeness (QED) is 0.874. The lowest BCUT2D eigenvalue weighted by Crippen LogP contribution is -2.58. The Morgan fingerprint density at radius 2 is 2.39 bits per heavy atom. The molecule has 98 valence electrons. The molecule has 0 radical (unpaired) electrons. The maximum atomic E-state index is 12.2. The van der Waals surface area contributed by atoms with Crippen LogP contribution in [0.25, 0.3) is 0 Å². The molecule has 0 aromatic carbocycles. The molecule has 1 unspecified atom stereocenters. The zero-order valence-electron chi connectivity index (χ0n) is 10.6. The number of halogens is 1. The van der Waals surface area contributed by atoms with Gasteiger partial charge in [0.15, 0.2) is 0 Å². The lowest BCUT2D eigenvalue weighted by atomic mass is 10.1. The van der Waals surface area contributed by atoms with Gasteiger partial charge < -0.3 is 15.1 Å². The fraction of sp³-hybridized carbons (Fsp3) is 0.500. The summed E-state index contributed by atoms with van der Waals surface area (Å²) in [6.07, 6.45) is 3.51. The van der Waals surface area contributed by atoms with Gasteiger partial charge in [-0.25, -0.2) is 0 Å². The molecule has 1 atom stereocenters. The molecule has 0 saturated carbocycles. The molecule has 1 aromatic rings. The van der Waals surface area contributed by atoms with Gasteiger partial charge in [0.25, 0.3) is 0 Å². The van der Waals surface area contributed by atoms with Crippen LogP contribution in [-0.2, 0) is 4.79 Å². The van der Waals surface area contributed by atoms with Crippen molar-refractivity contribution >= 4 is 27.5 Å². The highest BCUT2D eigenvalue weighted by atomic mass is 79.9. The van der Waals surface area contributed by atoms with Crippen LogP contribution in [0.15, 0.2) is 22.9 Å². The smallest absolute Gasteiger partial charge is 0.246 e. The van der Waals surface area contributed by atoms with Gasteiger partial charge >= 0.3 is 0 Å². The van der Waals surface area contributed by atoms with Gasteiger partial charge in [-0.1, -0.05) is 0 Å². The first kappa shape index (κ1) is 13.3. The molecule has 1 aliphatic heterocycles. The molecule has 0 aliphatic carbocycles. The summed E-state index contributed by atoms with van der Waals surface area (Å²) in [5, 5.41) is 3.27. The highest BCUT2D eigenvalue weighted by molar-refractivity contribution is 9.10. The topological polar surface area (TPSA) is 48.5 Å². The summed E-state index contributed by atoms with van der Waals surface area (Å²) in [5.41, 5.74) is 1.02. The van der Waals surface area contributed by atoms with Crippen molar-refractivity contribution in [3.05, 3.63) is 22.9 Å². The monoisotopic (exact) mass is 312 g/mol. The zero-order valence-corrected chi connectivity index (χ0v) is 12.1. The number of rotatable bonds is 2. The molecule has 1 saturated heterocycles. The number of hydrogen-bond acceptors (Lipinski definition) is 4. The van der Waals surface area contributed by atoms with E-state index in [0.717, 1.165) is 23.2 Å². The van der Waals surface area contributed by atoms with Crippen molar-refractivity contribution in [1.82, 2.24) is 15.2 Å². The van der Waals surface area contributed by atoms with Gasteiger partial charge in [0.2, 0.25) is 5.91 Å². The average molecular weight is 313 g/mol. The number of amides is 1. The second-order valence-corrected chi connectivity index (χ2v) is 5.33. The molecule has 6 heteroatoms. The first-order valence-electron chi connectivity index (χ1n) is 5.89. The zero-order chi connectivity index (χ0) is 13.1. The molecular formula is C12H17BrN4O. The molecule has 1 aliphatic rings. The van der Waals surface area contributed by atoms with Crippen molar-refractivity contribution in [2.45, 2.75) is 6.04 Å². The Labute approximate surface area is 115 Å². The molecule has 2 rings (SSSR count). The standard InChI is InChI=1S/C12H17BrN4O/c1-16(2)12(18)11-8-15-5-6-17(11)10-3-4-14-7-9(10)13/h3-4,7,11,15H,5-6,8H2,1-2H3. The second kappa shape index (κ2) is 5.67. The summed E-state index contributed by atoms with van der Waals surface area (Å²) < 4.78 is 0.920. The third kappa shape index (κ3) is 2.64. The van der Waals surface area contributed by atoms with Gasteiger partial charge in [-0.2, -0.15) is 0 Å². The minimum Gasteiger partial charge on any atom is -0.356 e. The van der Waals surface area contributed by atoms with E-state index in [4.69, 9.17) is 0 Å². The number of likely N-dealkylation sites (N-methyl/N-ethyl adjacent to an activating group) is 1. The molecule has 0 bridgehead atoms. The van der Waals surface area contributed by atoms with Gasteiger partial charge in [-0.05, 0) is 22.0 Å². The number of aromatic nitrogens is 1. The first-order valence-corrected chi connectivity index (χ1v) is 6.68. The third-order valence-electron chi connectivity index (χ3n) is 3.03. The highest BCUT2D eigenvalue weighted by Crippen LogP contribution is 2.27. The molecular weight excluding hydrogens is 296 g/mol. The van der Waals surface area contributed by atoms with E-state index in [2.05, 4.69) is 31.1 Å². The van der Waals surface area contributed by atoms with Crippen LogP contribution in [-0.4, -0.2) is 55.6 Å². The molecule has 1 N–H and O–H groups in total. The summed E-state index contributed by atoms with van der Waals surface area (Å²) in [4.78, 5) is 20.0. The largest absolute Gasteiger partial charge is 0.356 e. The van der Waals surface area contributed by atoms with Crippen molar-refractivity contribution in [2.24, 2.45) is 0 Å². The van der Waals surface area contributed by atoms with Crippen LogP contribution in [0, 0.1) is 0 Å². The van der Waals surface area contributed by atoms with E-state index >= 15 is 0 Å². The van der Waals surface area contributed by atoms with Crippen molar-refractivity contribution in [2.75, 3.05) is 38.6 Å². The Bertz CT molecular complexity index is 438. The van der Waals surface area contributed by atoms with Crippen LogP contribution in [0.4, 0.5) is 5.69 Å². The number of anilines is 1. The van der Waals surface area contributed by atoms with Crippen LogP contribution in [0.1, 0.15) is 0 Å². The highest BCUT2D eigenvalue weighted by Gasteiger charge is 2.30. The minimum atomic E-state index is -0.160. The van der Waals surface area contributed by atoms with Crippen molar-refractivity contribution in [3.8, 4) is 0 Å². The number of hydrogen-bond donors (Lipinski definition) is 1. The Morgan fingerprint density at radius 1 is 1.61 bits per heavy atom. The number of nitrogens with one attached hydrogen (secondary N) is 1. The van der Waals surface area contributed by atoms with E-state index in [9.17, 15) is 4.79 Å². The third-order valence-corrected chi connectivity index (χ3v) is 3.64. The van der Waals surface area contributed by atoms with Crippen LogP contribution in [0.5, 0.6) is 0 Å². The molecule has 18 heavy (non-hydrogen) atoms. The first-order chi connectivity index (χ1) is 8.61. The van der Waals surface area contributed by atoms with Crippen LogP contribution < -0.4 is 10.2 Å². The number of pyridine rings is 1. The summed E-state index contributed by atoms with van der Waals surface area (Å²) in [6.45, 7) is 2.37. The normalized spacial score (nSPS) is 19.7. The van der Waals surface area contributed by atoms with Gasteiger partial charge in [0, 0.05) is 46.1 Å². The van der Waals surface area contributed by atoms with Crippen molar-refractivity contribution in [3.63, 3.8) is 0 Å². The Kier molecular flexibility index (Phi) is 4.19. The molecule has 2 heterocycles. The second-order valence-electron chi connectivity index (χ2n) is 4.47. The summed E-state index contributed by atoms with van der Waals surface area (Å²) in [7, 11) is 3.58. The summed E-state index contributed by atoms with van der Waals surface area (Å²) in [6, 6.07) is 1.78. The molecule has 0 spiro atoms. The van der Waals surface area contributed by atoms with E-state index in [1.165, 1.54) is 0 Å². The predicted octanol–water partition coefficient (Wildman–Crippen LogP) is 0.711. The van der Waals surface area contributed by atoms with Crippen molar-refractivity contribution in [1.29, 1.82) is 0 Å². The van der Waals surface area contributed by atoms with Gasteiger partial charge in [0.1, 0.15) is 6.04 Å². The van der Waals surface area contributed by atoms with E-state index in [0.29, 0.717) is 6.54 Å². The van der Waals surface area contributed by atoms with Gasteiger partial charge in [-0.3, -0.25) is 9.78 Å². The van der Waals surface area contributed by atoms with Crippen LogP contribution in [0.2, 0.25) is 0 Å². The maximum Gasteiger partial charge on any atom is 0.246 e. The van der Waals surface area contributed by atoms with E-state index < -0.39 is 0 Å². The maximum absolute atomic E-state index is 12.2. The minimum absolute atomic E-state index is 0.117. The lowest BCUT2D eigenvalue weighted by Gasteiger charge is -2.38. The number of carbonyl (C=O) groups is 1. The number of nitrogens with zero attached hydrogens (tertiary/aromatic N) is 3. The Balaban J connectivity index is 2.29. The summed E-state index contributed by atoms with van der Waals surface area (Å²) in [5.74, 6) is 0.117. The van der Waals surface area contributed by atoms with Crippen molar-refractivity contribution < 1.29 is 4.79 Å². The average Bonchev–Trinajstić information content (AvgIpc) is 2.38. The van der Waals surface area contributed by atoms with Gasteiger partial charge in [-0.15, -0.1) is 0 Å². The van der Waals surface area contributed by atoms with Gasteiger partial charge in [0.05, 0.1) is 10.2 Å². The van der Waals surface area contributed by atoms with Crippen LogP contribution >= 0.6 is 15.9 Å².